The normalized spacial score (nSPS) is 18.8. The van der Waals surface area contributed by atoms with Crippen LogP contribution in [0.15, 0.2) is 42.5 Å². The van der Waals surface area contributed by atoms with Crippen molar-refractivity contribution in [3.63, 3.8) is 0 Å². The van der Waals surface area contributed by atoms with Gasteiger partial charge in [0.1, 0.15) is 22.9 Å². The molecule has 2 amide bonds. The molecule has 3 aromatic rings. The van der Waals surface area contributed by atoms with E-state index in [4.69, 9.17) is 5.26 Å². The van der Waals surface area contributed by atoms with Crippen LogP contribution in [0.2, 0.25) is 0 Å². The highest BCUT2D eigenvalue weighted by atomic mass is 32.2. The van der Waals surface area contributed by atoms with Crippen LogP contribution in [-0.4, -0.2) is 40.2 Å². The van der Waals surface area contributed by atoms with Crippen LogP contribution in [0.4, 0.5) is 10.1 Å². The second kappa shape index (κ2) is 9.62. The molecule has 11 heteroatoms. The molecule has 3 N–H and O–H groups in total. The molecule has 1 aliphatic heterocycles. The Bertz CT molecular complexity index is 1180. The van der Waals surface area contributed by atoms with E-state index >= 15 is 0 Å². The molecule has 0 saturated carbocycles. The Hall–Kier alpha value is -3.04. The maximum absolute atomic E-state index is 13.5. The first-order valence-electron chi connectivity index (χ1n) is 9.72. The van der Waals surface area contributed by atoms with E-state index in [1.165, 1.54) is 35.6 Å². The number of benzene rings is 2. The number of amides is 2. The van der Waals surface area contributed by atoms with E-state index < -0.39 is 17.9 Å². The molecule has 0 radical (unpaired) electrons. The Kier molecular flexibility index (Phi) is 6.66. The van der Waals surface area contributed by atoms with Crippen LogP contribution < -0.4 is 15.4 Å². The van der Waals surface area contributed by atoms with E-state index in [1.807, 2.05) is 24.3 Å². The highest BCUT2D eigenvalue weighted by Crippen LogP contribution is 2.24. The van der Waals surface area contributed by atoms with Gasteiger partial charge >= 0.3 is 0 Å². The molecule has 0 bridgehead atoms. The lowest BCUT2D eigenvalue weighted by Crippen LogP contribution is -2.53. The number of nitrogens with zero attached hydrogens (tertiary/aromatic N) is 3. The monoisotopic (exact) mass is 470 g/mol. The van der Waals surface area contributed by atoms with E-state index in [1.54, 1.807) is 17.4 Å². The SMILES string of the molecule is CN1SNC(C(=O)NCc2nc3ccccc3s2)CC1C(=O)Nc1ccc(F)c(C#N)c1. The van der Waals surface area contributed by atoms with Gasteiger partial charge < -0.3 is 10.6 Å². The number of nitriles is 1. The Morgan fingerprint density at radius 2 is 2.12 bits per heavy atom. The highest BCUT2D eigenvalue weighted by Gasteiger charge is 2.35. The van der Waals surface area contributed by atoms with Crippen molar-refractivity contribution >= 4 is 51.2 Å². The van der Waals surface area contributed by atoms with E-state index in [-0.39, 0.29) is 23.8 Å². The average Bonchev–Trinajstić information content (AvgIpc) is 3.22. The molecule has 164 valence electrons. The summed E-state index contributed by atoms with van der Waals surface area (Å²) in [5, 5.41) is 15.3. The van der Waals surface area contributed by atoms with Crippen molar-refractivity contribution in [1.29, 1.82) is 5.26 Å². The Morgan fingerprint density at radius 1 is 1.31 bits per heavy atom. The molecule has 32 heavy (non-hydrogen) atoms. The van der Waals surface area contributed by atoms with Crippen LogP contribution in [0.25, 0.3) is 10.2 Å². The van der Waals surface area contributed by atoms with Crippen LogP contribution in [-0.2, 0) is 16.1 Å². The van der Waals surface area contributed by atoms with Crippen molar-refractivity contribution in [2.75, 3.05) is 12.4 Å². The van der Waals surface area contributed by atoms with Crippen molar-refractivity contribution < 1.29 is 14.0 Å². The molecular weight excluding hydrogens is 451 g/mol. The van der Waals surface area contributed by atoms with Gasteiger partial charge in [0.05, 0.1) is 28.4 Å². The minimum atomic E-state index is -0.648. The van der Waals surface area contributed by atoms with Crippen LogP contribution in [0.3, 0.4) is 0 Å². The maximum Gasteiger partial charge on any atom is 0.242 e. The van der Waals surface area contributed by atoms with Crippen LogP contribution >= 0.6 is 23.5 Å². The van der Waals surface area contributed by atoms with E-state index in [9.17, 15) is 14.0 Å². The lowest BCUT2D eigenvalue weighted by Gasteiger charge is -2.34. The average molecular weight is 471 g/mol. The molecule has 0 aliphatic carbocycles. The second-order valence-electron chi connectivity index (χ2n) is 7.15. The summed E-state index contributed by atoms with van der Waals surface area (Å²) in [6, 6.07) is 12.1. The number of likely N-dealkylation sites (N-methyl/N-ethyl adjacent to an activating group) is 1. The molecule has 2 unspecified atom stereocenters. The molecule has 8 nitrogen and oxygen atoms in total. The van der Waals surface area contributed by atoms with E-state index in [0.29, 0.717) is 12.2 Å². The van der Waals surface area contributed by atoms with Gasteiger partial charge in [-0.25, -0.2) is 18.4 Å². The number of anilines is 1. The van der Waals surface area contributed by atoms with Gasteiger partial charge in [0.15, 0.2) is 0 Å². The number of para-hydroxylation sites is 1. The standard InChI is InChI=1S/C21H19FN6O2S2/c1-28-17(21(30)25-13-6-7-14(22)12(8-13)10-23)9-16(27-32-28)20(29)24-11-19-26-15-4-2-3-5-18(15)31-19/h2-8,16-17,27H,9,11H2,1H3,(H,24,29)(H,25,30). The summed E-state index contributed by atoms with van der Waals surface area (Å²) in [4.78, 5) is 30.0. The quantitative estimate of drug-likeness (QED) is 0.492. The molecule has 1 saturated heterocycles. The van der Waals surface area contributed by atoms with Crippen molar-refractivity contribution in [3.05, 3.63) is 58.9 Å². The number of thiazole rings is 1. The van der Waals surface area contributed by atoms with E-state index in [0.717, 1.165) is 21.3 Å². The molecule has 1 aromatic heterocycles. The van der Waals surface area contributed by atoms with Gasteiger partial charge in [-0.15, -0.1) is 11.3 Å². The van der Waals surface area contributed by atoms with Crippen molar-refractivity contribution in [1.82, 2.24) is 19.3 Å². The fraction of sp³-hybridized carbons (Fsp3) is 0.238. The molecule has 2 aromatic carbocycles. The number of aromatic nitrogens is 1. The number of hydrogen-bond acceptors (Lipinski definition) is 8. The Labute approximate surface area is 192 Å². The zero-order chi connectivity index (χ0) is 22.7. The molecule has 0 spiro atoms. The number of carbonyl (C=O) groups is 2. The summed E-state index contributed by atoms with van der Waals surface area (Å²) >= 11 is 2.70. The van der Waals surface area contributed by atoms with Gasteiger partial charge in [0.2, 0.25) is 11.8 Å². The van der Waals surface area contributed by atoms with E-state index in [2.05, 4.69) is 20.3 Å². The third-order valence-electron chi connectivity index (χ3n) is 4.96. The molecule has 4 rings (SSSR count). The zero-order valence-corrected chi connectivity index (χ0v) is 18.6. The topological polar surface area (TPSA) is 110 Å². The summed E-state index contributed by atoms with van der Waals surface area (Å²) in [5.74, 6) is -1.22. The molecule has 2 heterocycles. The second-order valence-corrected chi connectivity index (χ2v) is 9.26. The predicted molar refractivity (Wildman–Crippen MR) is 122 cm³/mol. The minimum Gasteiger partial charge on any atom is -0.348 e. The minimum absolute atomic E-state index is 0.150. The lowest BCUT2D eigenvalue weighted by molar-refractivity contribution is -0.124. The van der Waals surface area contributed by atoms with Gasteiger partial charge in [0, 0.05) is 17.8 Å². The molecule has 1 fully saturated rings. The number of rotatable bonds is 5. The molecular formula is C21H19FN6O2S2. The lowest BCUT2D eigenvalue weighted by atomic mass is 10.1. The number of hydrogen-bond donors (Lipinski definition) is 3. The number of carbonyl (C=O) groups excluding carboxylic acids is 2. The Balaban J connectivity index is 1.37. The van der Waals surface area contributed by atoms with Gasteiger partial charge in [-0.1, -0.05) is 12.1 Å². The Morgan fingerprint density at radius 3 is 2.91 bits per heavy atom. The predicted octanol–water partition coefficient (Wildman–Crippen LogP) is 2.79. The number of halogens is 1. The summed E-state index contributed by atoms with van der Waals surface area (Å²) in [6.07, 6.45) is 0.243. The number of fused-ring (bicyclic) bond motifs is 1. The van der Waals surface area contributed by atoms with Crippen LogP contribution in [0.1, 0.15) is 17.0 Å². The van der Waals surface area contributed by atoms with Gasteiger partial charge in [-0.3, -0.25) is 9.59 Å². The fourth-order valence-electron chi connectivity index (χ4n) is 3.26. The zero-order valence-electron chi connectivity index (χ0n) is 17.0. The van der Waals surface area contributed by atoms with Crippen molar-refractivity contribution in [2.24, 2.45) is 0 Å². The summed E-state index contributed by atoms with van der Waals surface area (Å²) in [5.41, 5.74) is 1.07. The largest absolute Gasteiger partial charge is 0.348 e. The number of nitrogens with one attached hydrogen (secondary N) is 3. The van der Waals surface area contributed by atoms with Gasteiger partial charge in [-0.05, 0) is 43.8 Å². The maximum atomic E-state index is 13.5. The first-order valence-corrected chi connectivity index (χ1v) is 11.3. The smallest absolute Gasteiger partial charge is 0.242 e. The summed E-state index contributed by atoms with van der Waals surface area (Å²) < 4.78 is 19.3. The van der Waals surface area contributed by atoms with Crippen molar-refractivity contribution in [2.45, 2.75) is 25.0 Å². The van der Waals surface area contributed by atoms with Crippen molar-refractivity contribution in [3.8, 4) is 6.07 Å². The molecule has 1 aliphatic rings. The van der Waals surface area contributed by atoms with Crippen LogP contribution in [0, 0.1) is 17.1 Å². The molecule has 2 atom stereocenters. The first kappa shape index (κ1) is 22.2. The first-order chi connectivity index (χ1) is 15.4. The fourth-order valence-corrected chi connectivity index (χ4v) is 4.97. The summed E-state index contributed by atoms with van der Waals surface area (Å²) in [6.45, 7) is 0.306. The highest BCUT2D eigenvalue weighted by molar-refractivity contribution is 7.95. The third-order valence-corrected chi connectivity index (χ3v) is 6.93. The van der Waals surface area contributed by atoms with Gasteiger partial charge in [0.25, 0.3) is 0 Å². The van der Waals surface area contributed by atoms with Crippen LogP contribution in [0.5, 0.6) is 0 Å². The van der Waals surface area contributed by atoms with Gasteiger partial charge in [-0.2, -0.15) is 5.26 Å². The third kappa shape index (κ3) is 4.89. The summed E-state index contributed by atoms with van der Waals surface area (Å²) in [7, 11) is 1.74.